The molecule has 2 aromatic carbocycles. The maximum absolute atomic E-state index is 13.1. The third-order valence-corrected chi connectivity index (χ3v) is 5.74. The molecule has 168 valence electrons. The summed E-state index contributed by atoms with van der Waals surface area (Å²) in [5, 5.41) is 3.24. The summed E-state index contributed by atoms with van der Waals surface area (Å²) in [5.41, 5.74) is 0.0847. The van der Waals surface area contributed by atoms with E-state index in [2.05, 4.69) is 20.3 Å². The summed E-state index contributed by atoms with van der Waals surface area (Å²) in [4.78, 5) is 24.9. The Morgan fingerprint density at radius 2 is 1.69 bits per heavy atom. The molecule has 5 nitrogen and oxygen atoms in total. The molecule has 0 atom stereocenters. The average Bonchev–Trinajstić information content (AvgIpc) is 2.74. The monoisotopic (exact) mass is 482 g/mol. The molecule has 1 heterocycles. The minimum Gasteiger partial charge on any atom is -0.351 e. The van der Waals surface area contributed by atoms with E-state index in [9.17, 15) is 18.0 Å². The topological polar surface area (TPSA) is 67.8 Å². The Balaban J connectivity index is 1.86. The van der Waals surface area contributed by atoms with Crippen LogP contribution in [0.2, 0.25) is 10.0 Å². The molecule has 3 aromatic rings. The van der Waals surface area contributed by atoms with Crippen molar-refractivity contribution in [1.29, 1.82) is 0 Å². The molecule has 0 aliphatic carbocycles. The molecule has 0 radical (unpaired) electrons. The van der Waals surface area contributed by atoms with Crippen LogP contribution in [-0.4, -0.2) is 27.0 Å². The number of aryl methyl sites for hydroxylation is 1. The molecular weight excluding hydrogens is 464 g/mol. The molecule has 1 amide bonds. The quantitative estimate of drug-likeness (QED) is 0.482. The Hall–Kier alpha value is -2.71. The summed E-state index contributed by atoms with van der Waals surface area (Å²) in [6.07, 6.45) is -3.33. The van der Waals surface area contributed by atoms with Crippen LogP contribution in [0.5, 0.6) is 0 Å². The lowest BCUT2D eigenvalue weighted by Crippen LogP contribution is -2.46. The number of halogens is 5. The summed E-state index contributed by atoms with van der Waals surface area (Å²) in [7, 11) is 0. The highest BCUT2D eigenvalue weighted by Gasteiger charge is 2.52. The number of alkyl halides is 3. The standard InChI is InChI=1S/C22H19Cl2F3N4O/c1-12-4-6-14(9-17(12)24)18-29-11-30-19(31-18)15-8-13(5-7-16(15)23)10-28-20(32)21(2,3)22(25,26)27/h4-9,11H,10H2,1-3H3,(H,28,32). The smallest absolute Gasteiger partial charge is 0.351 e. The number of rotatable bonds is 5. The molecule has 10 heteroatoms. The van der Waals surface area contributed by atoms with Gasteiger partial charge in [0.2, 0.25) is 5.91 Å². The van der Waals surface area contributed by atoms with Gasteiger partial charge in [0.1, 0.15) is 11.7 Å². The van der Waals surface area contributed by atoms with E-state index >= 15 is 0 Å². The molecule has 0 fully saturated rings. The van der Waals surface area contributed by atoms with E-state index in [1.807, 2.05) is 19.1 Å². The largest absolute Gasteiger partial charge is 0.402 e. The maximum Gasteiger partial charge on any atom is 0.402 e. The second-order valence-electron chi connectivity index (χ2n) is 7.72. The van der Waals surface area contributed by atoms with Gasteiger partial charge in [-0.05, 0) is 50.1 Å². The number of benzene rings is 2. The van der Waals surface area contributed by atoms with E-state index in [4.69, 9.17) is 23.2 Å². The molecule has 0 saturated heterocycles. The number of hydrogen-bond acceptors (Lipinski definition) is 4. The van der Waals surface area contributed by atoms with Gasteiger partial charge in [0, 0.05) is 22.7 Å². The molecule has 0 aliphatic rings. The lowest BCUT2D eigenvalue weighted by atomic mass is 9.91. The zero-order chi connectivity index (χ0) is 23.7. The van der Waals surface area contributed by atoms with Crippen LogP contribution in [-0.2, 0) is 11.3 Å². The molecular formula is C22H19Cl2F3N4O. The Kier molecular flexibility index (Phi) is 6.76. The lowest BCUT2D eigenvalue weighted by Gasteiger charge is -2.26. The summed E-state index contributed by atoms with van der Waals surface area (Å²) >= 11 is 12.5. The Bertz CT molecular complexity index is 1170. The van der Waals surface area contributed by atoms with Crippen molar-refractivity contribution in [3.63, 3.8) is 0 Å². The fourth-order valence-electron chi connectivity index (χ4n) is 2.68. The summed E-state index contributed by atoms with van der Waals surface area (Å²) in [6, 6.07) is 10.2. The van der Waals surface area contributed by atoms with Crippen molar-refractivity contribution in [2.75, 3.05) is 0 Å². The Labute approximate surface area is 193 Å². The summed E-state index contributed by atoms with van der Waals surface area (Å²) < 4.78 is 39.2. The molecule has 1 N–H and O–H groups in total. The first-order valence-electron chi connectivity index (χ1n) is 9.49. The first-order valence-corrected chi connectivity index (χ1v) is 10.2. The van der Waals surface area contributed by atoms with E-state index in [1.54, 1.807) is 24.3 Å². The molecule has 0 spiro atoms. The van der Waals surface area contributed by atoms with Gasteiger partial charge in [-0.25, -0.2) is 15.0 Å². The van der Waals surface area contributed by atoms with Gasteiger partial charge in [-0.15, -0.1) is 0 Å². The van der Waals surface area contributed by atoms with E-state index in [0.29, 0.717) is 32.6 Å². The summed E-state index contributed by atoms with van der Waals surface area (Å²) in [6.45, 7) is 3.43. The normalized spacial score (nSPS) is 12.0. The van der Waals surface area contributed by atoms with Gasteiger partial charge in [-0.1, -0.05) is 41.4 Å². The third-order valence-electron chi connectivity index (χ3n) is 5.00. The van der Waals surface area contributed by atoms with E-state index in [-0.39, 0.29) is 12.4 Å². The number of carbonyl (C=O) groups excluding carboxylic acids is 1. The average molecular weight is 483 g/mol. The lowest BCUT2D eigenvalue weighted by molar-refractivity contribution is -0.211. The highest BCUT2D eigenvalue weighted by atomic mass is 35.5. The van der Waals surface area contributed by atoms with Crippen molar-refractivity contribution in [1.82, 2.24) is 20.3 Å². The van der Waals surface area contributed by atoms with Crippen LogP contribution >= 0.6 is 23.2 Å². The molecule has 3 rings (SSSR count). The molecule has 0 saturated carbocycles. The van der Waals surface area contributed by atoms with Crippen molar-refractivity contribution < 1.29 is 18.0 Å². The highest BCUT2D eigenvalue weighted by molar-refractivity contribution is 6.33. The van der Waals surface area contributed by atoms with Crippen LogP contribution in [0.3, 0.4) is 0 Å². The van der Waals surface area contributed by atoms with Crippen molar-refractivity contribution in [2.45, 2.75) is 33.5 Å². The number of aromatic nitrogens is 3. The highest BCUT2D eigenvalue weighted by Crippen LogP contribution is 2.37. The third kappa shape index (κ3) is 5.02. The molecule has 0 aliphatic heterocycles. The van der Waals surface area contributed by atoms with Crippen LogP contribution < -0.4 is 5.32 Å². The van der Waals surface area contributed by atoms with Crippen LogP contribution in [0.15, 0.2) is 42.7 Å². The SMILES string of the molecule is Cc1ccc(-c2ncnc(-c3cc(CNC(=O)C(C)(C)C(F)(F)F)ccc3Cl)n2)cc1Cl. The number of carbonyl (C=O) groups is 1. The van der Waals surface area contributed by atoms with Crippen molar-refractivity contribution in [2.24, 2.45) is 5.41 Å². The zero-order valence-corrected chi connectivity index (χ0v) is 18.9. The Morgan fingerprint density at radius 3 is 2.34 bits per heavy atom. The van der Waals surface area contributed by atoms with Crippen molar-refractivity contribution in [3.8, 4) is 22.8 Å². The zero-order valence-electron chi connectivity index (χ0n) is 17.4. The fraction of sp³-hybridized carbons (Fsp3) is 0.273. The number of nitrogens with zero attached hydrogens (tertiary/aromatic N) is 3. The Morgan fingerprint density at radius 1 is 1.00 bits per heavy atom. The van der Waals surface area contributed by atoms with E-state index < -0.39 is 17.5 Å². The summed E-state index contributed by atoms with van der Waals surface area (Å²) in [5.74, 6) is -0.459. The number of hydrogen-bond donors (Lipinski definition) is 1. The minimum atomic E-state index is -4.66. The molecule has 32 heavy (non-hydrogen) atoms. The van der Waals surface area contributed by atoms with Crippen LogP contribution in [0.25, 0.3) is 22.8 Å². The predicted molar refractivity (Wildman–Crippen MR) is 117 cm³/mol. The van der Waals surface area contributed by atoms with Gasteiger partial charge in [0.25, 0.3) is 0 Å². The van der Waals surface area contributed by atoms with Gasteiger partial charge in [-0.3, -0.25) is 4.79 Å². The van der Waals surface area contributed by atoms with Gasteiger partial charge < -0.3 is 5.32 Å². The van der Waals surface area contributed by atoms with Crippen LogP contribution in [0, 0.1) is 12.3 Å². The fourth-order valence-corrected chi connectivity index (χ4v) is 3.07. The van der Waals surface area contributed by atoms with Gasteiger partial charge >= 0.3 is 6.18 Å². The van der Waals surface area contributed by atoms with Crippen molar-refractivity contribution in [3.05, 3.63) is 63.9 Å². The van der Waals surface area contributed by atoms with Crippen molar-refractivity contribution >= 4 is 29.1 Å². The number of nitrogens with one attached hydrogen (secondary N) is 1. The second kappa shape index (κ2) is 9.03. The first-order chi connectivity index (χ1) is 14.9. The van der Waals surface area contributed by atoms with Gasteiger partial charge in [0.05, 0.1) is 5.02 Å². The number of amides is 1. The second-order valence-corrected chi connectivity index (χ2v) is 8.53. The predicted octanol–water partition coefficient (Wildman–Crippen LogP) is 6.03. The molecule has 0 bridgehead atoms. The van der Waals surface area contributed by atoms with Gasteiger partial charge in [-0.2, -0.15) is 13.2 Å². The maximum atomic E-state index is 13.1. The molecule has 0 unspecified atom stereocenters. The van der Waals surface area contributed by atoms with Crippen LogP contribution in [0.4, 0.5) is 13.2 Å². The molecule has 1 aromatic heterocycles. The van der Waals surface area contributed by atoms with Gasteiger partial charge in [0.15, 0.2) is 11.6 Å². The van der Waals surface area contributed by atoms with E-state index in [0.717, 1.165) is 19.4 Å². The van der Waals surface area contributed by atoms with Crippen LogP contribution in [0.1, 0.15) is 25.0 Å². The van der Waals surface area contributed by atoms with E-state index in [1.165, 1.54) is 6.33 Å². The first kappa shape index (κ1) is 23.9. The minimum absolute atomic E-state index is 0.117.